The third-order valence-corrected chi connectivity index (χ3v) is 3.02. The van der Waals surface area contributed by atoms with Gasteiger partial charge < -0.3 is 19.7 Å². The van der Waals surface area contributed by atoms with E-state index in [2.05, 4.69) is 4.98 Å². The van der Waals surface area contributed by atoms with Crippen molar-refractivity contribution in [2.24, 2.45) is 0 Å². The normalized spacial score (nSPS) is 23.7. The van der Waals surface area contributed by atoms with E-state index in [0.717, 1.165) is 0 Å². The Morgan fingerprint density at radius 3 is 3.17 bits per heavy atom. The van der Waals surface area contributed by atoms with Crippen LogP contribution < -0.4 is 0 Å². The van der Waals surface area contributed by atoms with Gasteiger partial charge in [0.1, 0.15) is 11.8 Å². The molecule has 2 heterocycles. The summed E-state index contributed by atoms with van der Waals surface area (Å²) < 4.78 is 5.38. The summed E-state index contributed by atoms with van der Waals surface area (Å²) in [6.07, 6.45) is 1.19. The van der Waals surface area contributed by atoms with E-state index in [0.29, 0.717) is 24.4 Å². The van der Waals surface area contributed by atoms with Gasteiger partial charge in [-0.3, -0.25) is 4.79 Å². The van der Waals surface area contributed by atoms with Gasteiger partial charge in [-0.25, -0.2) is 0 Å². The molecule has 2 atom stereocenters. The number of H-pyrrole nitrogens is 1. The minimum atomic E-state index is -0.334. The lowest BCUT2D eigenvalue weighted by Crippen LogP contribution is -2.51. The smallest absolute Gasteiger partial charge is 0.255 e. The van der Waals surface area contributed by atoms with Crippen molar-refractivity contribution in [1.29, 1.82) is 5.26 Å². The molecule has 1 aliphatic heterocycles. The fraction of sp³-hybridized carbons (Fsp3) is 0.500. The molecule has 1 fully saturated rings. The van der Waals surface area contributed by atoms with Gasteiger partial charge in [-0.15, -0.1) is 0 Å². The third kappa shape index (κ3) is 2.37. The first kappa shape index (κ1) is 12.6. The van der Waals surface area contributed by atoms with Crippen molar-refractivity contribution in [3.8, 4) is 6.07 Å². The van der Waals surface area contributed by atoms with Crippen LogP contribution in [-0.4, -0.2) is 52.8 Å². The number of nitriles is 1. The van der Waals surface area contributed by atoms with Crippen LogP contribution in [0.5, 0.6) is 0 Å². The molecule has 18 heavy (non-hydrogen) atoms. The number of nitrogens with zero attached hydrogens (tertiary/aromatic N) is 2. The van der Waals surface area contributed by atoms with E-state index >= 15 is 0 Å². The zero-order valence-corrected chi connectivity index (χ0v) is 10.1. The van der Waals surface area contributed by atoms with E-state index in [1.54, 1.807) is 4.90 Å². The molecule has 0 radical (unpaired) electrons. The highest BCUT2D eigenvalue weighted by Gasteiger charge is 2.30. The van der Waals surface area contributed by atoms with E-state index in [1.165, 1.54) is 12.3 Å². The average molecular weight is 249 g/mol. The van der Waals surface area contributed by atoms with Gasteiger partial charge in [-0.05, 0) is 13.0 Å². The Balaban J connectivity index is 2.14. The lowest BCUT2D eigenvalue weighted by Gasteiger charge is -2.37. The summed E-state index contributed by atoms with van der Waals surface area (Å²) in [5, 5.41) is 17.8. The first-order chi connectivity index (χ1) is 8.65. The number of carbonyl (C=O) groups excluding carboxylic acids is 1. The number of hydrogen-bond donors (Lipinski definition) is 2. The van der Waals surface area contributed by atoms with Crippen molar-refractivity contribution in [3.05, 3.63) is 23.5 Å². The van der Waals surface area contributed by atoms with E-state index in [1.807, 2.05) is 13.0 Å². The number of amides is 1. The van der Waals surface area contributed by atoms with Crippen LogP contribution in [0.3, 0.4) is 0 Å². The SMILES string of the molecule is CC1COC(CO)CN1C(=O)c1c[nH]c(C#N)c1. The Hall–Kier alpha value is -1.84. The van der Waals surface area contributed by atoms with Crippen LogP contribution in [0, 0.1) is 11.3 Å². The summed E-state index contributed by atoms with van der Waals surface area (Å²) in [6, 6.07) is 3.43. The molecule has 1 aliphatic rings. The number of hydrogen-bond acceptors (Lipinski definition) is 4. The predicted molar refractivity (Wildman–Crippen MR) is 62.8 cm³/mol. The van der Waals surface area contributed by atoms with Crippen LogP contribution in [0.15, 0.2) is 12.3 Å². The van der Waals surface area contributed by atoms with E-state index in [9.17, 15) is 4.79 Å². The predicted octanol–water partition coefficient (Wildman–Crippen LogP) is 0.108. The summed E-state index contributed by atoms with van der Waals surface area (Å²) in [5.74, 6) is -0.151. The molecule has 1 saturated heterocycles. The molecule has 96 valence electrons. The second-order valence-electron chi connectivity index (χ2n) is 4.36. The third-order valence-electron chi connectivity index (χ3n) is 3.02. The highest BCUT2D eigenvalue weighted by Crippen LogP contribution is 2.16. The van der Waals surface area contributed by atoms with Gasteiger partial charge in [0.05, 0.1) is 30.9 Å². The quantitative estimate of drug-likeness (QED) is 0.778. The molecular weight excluding hydrogens is 234 g/mol. The van der Waals surface area contributed by atoms with Crippen molar-refractivity contribution in [1.82, 2.24) is 9.88 Å². The van der Waals surface area contributed by atoms with Crippen molar-refractivity contribution in [3.63, 3.8) is 0 Å². The van der Waals surface area contributed by atoms with Gasteiger partial charge in [0.15, 0.2) is 0 Å². The standard InChI is InChI=1S/C12H15N3O3/c1-8-7-18-11(6-16)5-15(8)12(17)9-2-10(3-13)14-4-9/h2,4,8,11,14,16H,5-7H2,1H3. The largest absolute Gasteiger partial charge is 0.394 e. The summed E-state index contributed by atoms with van der Waals surface area (Å²) >= 11 is 0. The van der Waals surface area contributed by atoms with Gasteiger partial charge >= 0.3 is 0 Å². The molecule has 0 aromatic carbocycles. The second-order valence-corrected chi connectivity index (χ2v) is 4.36. The van der Waals surface area contributed by atoms with Gasteiger partial charge in [0, 0.05) is 12.7 Å². The zero-order valence-electron chi connectivity index (χ0n) is 10.1. The molecule has 1 aromatic heterocycles. The summed E-state index contributed by atoms with van der Waals surface area (Å²) in [5.41, 5.74) is 0.815. The Kier molecular flexibility index (Phi) is 3.65. The molecular formula is C12H15N3O3. The first-order valence-electron chi connectivity index (χ1n) is 5.77. The second kappa shape index (κ2) is 5.21. The van der Waals surface area contributed by atoms with Crippen molar-refractivity contribution in [2.75, 3.05) is 19.8 Å². The van der Waals surface area contributed by atoms with E-state index in [-0.39, 0.29) is 24.7 Å². The number of rotatable bonds is 2. The molecule has 6 heteroatoms. The molecule has 0 aliphatic carbocycles. The van der Waals surface area contributed by atoms with Gasteiger partial charge in [-0.2, -0.15) is 5.26 Å². The molecule has 2 N–H and O–H groups in total. The van der Waals surface area contributed by atoms with Crippen molar-refractivity contribution in [2.45, 2.75) is 19.1 Å². The number of ether oxygens (including phenoxy) is 1. The Labute approximate surface area is 105 Å². The topological polar surface area (TPSA) is 89.3 Å². The van der Waals surface area contributed by atoms with Crippen LogP contribution in [-0.2, 0) is 4.74 Å². The summed E-state index contributed by atoms with van der Waals surface area (Å²) in [6.45, 7) is 2.56. The summed E-state index contributed by atoms with van der Waals surface area (Å²) in [4.78, 5) is 16.6. The molecule has 2 unspecified atom stereocenters. The Morgan fingerprint density at radius 1 is 1.78 bits per heavy atom. The maximum absolute atomic E-state index is 12.3. The lowest BCUT2D eigenvalue weighted by atomic mass is 10.1. The average Bonchev–Trinajstić information content (AvgIpc) is 2.87. The summed E-state index contributed by atoms with van der Waals surface area (Å²) in [7, 11) is 0. The highest BCUT2D eigenvalue weighted by atomic mass is 16.5. The minimum Gasteiger partial charge on any atom is -0.394 e. The maximum Gasteiger partial charge on any atom is 0.255 e. The number of aliphatic hydroxyl groups excluding tert-OH is 1. The maximum atomic E-state index is 12.3. The lowest BCUT2D eigenvalue weighted by molar-refractivity contribution is -0.0667. The monoisotopic (exact) mass is 249 g/mol. The fourth-order valence-corrected chi connectivity index (χ4v) is 1.96. The van der Waals surface area contributed by atoms with E-state index < -0.39 is 0 Å². The molecule has 0 saturated carbocycles. The number of nitrogens with one attached hydrogen (secondary N) is 1. The number of aromatic amines is 1. The van der Waals surface area contributed by atoms with Crippen LogP contribution in [0.2, 0.25) is 0 Å². The number of aliphatic hydroxyl groups is 1. The Morgan fingerprint density at radius 2 is 2.56 bits per heavy atom. The van der Waals surface area contributed by atoms with Crippen molar-refractivity contribution >= 4 is 5.91 Å². The number of carbonyl (C=O) groups is 1. The Bertz CT molecular complexity index is 477. The van der Waals surface area contributed by atoms with Gasteiger partial charge in [0.25, 0.3) is 5.91 Å². The van der Waals surface area contributed by atoms with Crippen molar-refractivity contribution < 1.29 is 14.6 Å². The minimum absolute atomic E-state index is 0.0410. The molecule has 0 spiro atoms. The van der Waals surface area contributed by atoms with Gasteiger partial charge in [-0.1, -0.05) is 0 Å². The highest BCUT2D eigenvalue weighted by molar-refractivity contribution is 5.94. The molecule has 2 rings (SSSR count). The number of aromatic nitrogens is 1. The molecule has 1 amide bonds. The van der Waals surface area contributed by atoms with Crippen LogP contribution >= 0.6 is 0 Å². The molecule has 0 bridgehead atoms. The molecule has 6 nitrogen and oxygen atoms in total. The van der Waals surface area contributed by atoms with Gasteiger partial charge in [0.2, 0.25) is 0 Å². The first-order valence-corrected chi connectivity index (χ1v) is 5.77. The van der Waals surface area contributed by atoms with E-state index in [4.69, 9.17) is 15.1 Å². The van der Waals surface area contributed by atoms with Crippen LogP contribution in [0.1, 0.15) is 23.0 Å². The number of morpholine rings is 1. The molecule has 1 aromatic rings. The van der Waals surface area contributed by atoms with Crippen LogP contribution in [0.25, 0.3) is 0 Å². The van der Waals surface area contributed by atoms with Crippen LogP contribution in [0.4, 0.5) is 0 Å². The zero-order chi connectivity index (χ0) is 13.1. The fourth-order valence-electron chi connectivity index (χ4n) is 1.96.